The molecule has 1 aliphatic heterocycles. The summed E-state index contributed by atoms with van der Waals surface area (Å²) in [6.07, 6.45) is 3.25. The van der Waals surface area contributed by atoms with Gasteiger partial charge in [-0.1, -0.05) is 24.6 Å². The number of carbonyl (C=O) groups is 3. The van der Waals surface area contributed by atoms with Gasteiger partial charge in [-0.15, -0.1) is 0 Å². The summed E-state index contributed by atoms with van der Waals surface area (Å²) in [5.41, 5.74) is 0.428. The fourth-order valence-electron chi connectivity index (χ4n) is 3.65. The molecule has 0 aromatic heterocycles. The molecule has 1 N–H and O–H groups in total. The number of halogens is 2. The molecule has 26 heavy (non-hydrogen) atoms. The fraction of sp³-hybridized carbons (Fsp3) is 0.500. The van der Waals surface area contributed by atoms with E-state index >= 15 is 0 Å². The van der Waals surface area contributed by atoms with Gasteiger partial charge in [0.05, 0.1) is 11.8 Å². The molecule has 0 bridgehead atoms. The molecule has 1 aromatic carbocycles. The molecule has 2 fully saturated rings. The van der Waals surface area contributed by atoms with E-state index in [-0.39, 0.29) is 23.7 Å². The van der Waals surface area contributed by atoms with Crippen LogP contribution >= 0.6 is 11.8 Å². The summed E-state index contributed by atoms with van der Waals surface area (Å²) in [7, 11) is 0. The highest BCUT2D eigenvalue weighted by Crippen LogP contribution is 2.39. The highest BCUT2D eigenvalue weighted by Gasteiger charge is 2.50. The van der Waals surface area contributed by atoms with Crippen molar-refractivity contribution in [1.82, 2.24) is 4.90 Å². The number of imide groups is 1. The van der Waals surface area contributed by atoms with Crippen LogP contribution in [0.3, 0.4) is 0 Å². The van der Waals surface area contributed by atoms with Gasteiger partial charge < -0.3 is 5.32 Å². The number of carbonyl (C=O) groups excluding carboxylic acids is 3. The van der Waals surface area contributed by atoms with Crippen molar-refractivity contribution in [3.8, 4) is 0 Å². The van der Waals surface area contributed by atoms with Crippen LogP contribution in [0.25, 0.3) is 0 Å². The summed E-state index contributed by atoms with van der Waals surface area (Å²) in [5.74, 6) is -4.09. The zero-order valence-corrected chi connectivity index (χ0v) is 15.1. The summed E-state index contributed by atoms with van der Waals surface area (Å²) in [4.78, 5) is 39.1. The molecular formula is C18H20F2N2O3S. The minimum atomic E-state index is -2.51. The standard InChI is InChI=1S/C18H20F2N2O3S/c1-10(22-16(24)13-4-2-3-5-14(13)17(22)25)15(23)21-11-6-8-12(9-7-11)26-18(19)20/h6-10,13-14,18H,2-5H2,1H3,(H,21,23)/t10-,13+,14+/m0/s1. The van der Waals surface area contributed by atoms with Crippen LogP contribution in [0.1, 0.15) is 32.6 Å². The highest BCUT2D eigenvalue weighted by molar-refractivity contribution is 7.99. The van der Waals surface area contributed by atoms with Crippen molar-refractivity contribution in [2.45, 2.75) is 49.3 Å². The maximum atomic E-state index is 12.5. The van der Waals surface area contributed by atoms with Gasteiger partial charge in [0.15, 0.2) is 0 Å². The number of benzene rings is 1. The lowest BCUT2D eigenvalue weighted by atomic mass is 9.81. The molecule has 1 aliphatic carbocycles. The van der Waals surface area contributed by atoms with Gasteiger partial charge >= 0.3 is 0 Å². The summed E-state index contributed by atoms with van der Waals surface area (Å²) >= 11 is 0.421. The van der Waals surface area contributed by atoms with Crippen LogP contribution in [-0.4, -0.2) is 34.4 Å². The number of amides is 3. The normalized spacial score (nSPS) is 23.9. The van der Waals surface area contributed by atoms with Crippen LogP contribution in [0.2, 0.25) is 0 Å². The number of nitrogens with zero attached hydrogens (tertiary/aromatic N) is 1. The lowest BCUT2D eigenvalue weighted by Gasteiger charge is -2.22. The molecule has 3 atom stereocenters. The van der Waals surface area contributed by atoms with Gasteiger partial charge in [0.25, 0.3) is 5.76 Å². The van der Waals surface area contributed by atoms with E-state index in [0.29, 0.717) is 35.2 Å². The van der Waals surface area contributed by atoms with E-state index in [2.05, 4.69) is 5.32 Å². The molecule has 1 aromatic rings. The van der Waals surface area contributed by atoms with Crippen molar-refractivity contribution in [3.05, 3.63) is 24.3 Å². The number of likely N-dealkylation sites (tertiary alicyclic amines) is 1. The van der Waals surface area contributed by atoms with E-state index in [1.165, 1.54) is 31.2 Å². The summed E-state index contributed by atoms with van der Waals surface area (Å²) in [6, 6.07) is 5.09. The monoisotopic (exact) mass is 382 g/mol. The summed E-state index contributed by atoms with van der Waals surface area (Å²) in [5, 5.41) is 2.64. The molecule has 5 nitrogen and oxygen atoms in total. The van der Waals surface area contributed by atoms with Crippen molar-refractivity contribution in [2.75, 3.05) is 5.32 Å². The molecule has 1 saturated heterocycles. The second-order valence-electron chi connectivity index (χ2n) is 6.61. The Morgan fingerprint density at radius 3 is 2.15 bits per heavy atom. The first-order valence-electron chi connectivity index (χ1n) is 8.61. The quantitative estimate of drug-likeness (QED) is 0.625. The summed E-state index contributed by atoms with van der Waals surface area (Å²) < 4.78 is 24.7. The first-order chi connectivity index (χ1) is 12.4. The minimum absolute atomic E-state index is 0.258. The zero-order chi connectivity index (χ0) is 18.8. The van der Waals surface area contributed by atoms with Crippen molar-refractivity contribution in [3.63, 3.8) is 0 Å². The third-order valence-corrected chi connectivity index (χ3v) is 5.71. The van der Waals surface area contributed by atoms with E-state index in [1.807, 2.05) is 0 Å². The van der Waals surface area contributed by atoms with Gasteiger partial charge in [-0.3, -0.25) is 19.3 Å². The molecular weight excluding hydrogens is 362 g/mol. The highest BCUT2D eigenvalue weighted by atomic mass is 32.2. The molecule has 0 spiro atoms. The van der Waals surface area contributed by atoms with E-state index in [1.54, 1.807) is 0 Å². The van der Waals surface area contributed by atoms with E-state index in [9.17, 15) is 23.2 Å². The third-order valence-electron chi connectivity index (χ3n) is 4.99. The second-order valence-corrected chi connectivity index (χ2v) is 7.68. The number of hydrogen-bond donors (Lipinski definition) is 1. The molecule has 0 unspecified atom stereocenters. The van der Waals surface area contributed by atoms with Gasteiger partial charge in [0, 0.05) is 10.6 Å². The first kappa shape index (κ1) is 18.8. The summed E-state index contributed by atoms with van der Waals surface area (Å²) in [6.45, 7) is 1.53. The van der Waals surface area contributed by atoms with Crippen molar-refractivity contribution in [2.24, 2.45) is 11.8 Å². The number of alkyl halides is 2. The van der Waals surface area contributed by atoms with E-state index in [0.717, 1.165) is 17.7 Å². The van der Waals surface area contributed by atoms with Gasteiger partial charge in [0.1, 0.15) is 6.04 Å². The average Bonchev–Trinajstić information content (AvgIpc) is 2.87. The van der Waals surface area contributed by atoms with Crippen LogP contribution < -0.4 is 5.32 Å². The van der Waals surface area contributed by atoms with Crippen LogP contribution in [-0.2, 0) is 14.4 Å². The predicted octanol–water partition coefficient (Wildman–Crippen LogP) is 3.50. The number of thioether (sulfide) groups is 1. The molecule has 8 heteroatoms. The molecule has 1 heterocycles. The van der Waals surface area contributed by atoms with E-state index < -0.39 is 17.7 Å². The number of hydrogen-bond acceptors (Lipinski definition) is 4. The van der Waals surface area contributed by atoms with Gasteiger partial charge in [0.2, 0.25) is 17.7 Å². The van der Waals surface area contributed by atoms with Crippen LogP contribution in [0.4, 0.5) is 14.5 Å². The number of fused-ring (bicyclic) bond motifs is 1. The maximum Gasteiger partial charge on any atom is 0.288 e. The second kappa shape index (κ2) is 7.73. The predicted molar refractivity (Wildman–Crippen MR) is 93.7 cm³/mol. The molecule has 0 radical (unpaired) electrons. The molecule has 2 aliphatic rings. The van der Waals surface area contributed by atoms with Crippen molar-refractivity contribution in [1.29, 1.82) is 0 Å². The van der Waals surface area contributed by atoms with Gasteiger partial charge in [-0.2, -0.15) is 8.78 Å². The lowest BCUT2D eigenvalue weighted by Crippen LogP contribution is -2.46. The van der Waals surface area contributed by atoms with Crippen LogP contribution in [0.5, 0.6) is 0 Å². The van der Waals surface area contributed by atoms with E-state index in [4.69, 9.17) is 0 Å². The topological polar surface area (TPSA) is 66.5 Å². The zero-order valence-electron chi connectivity index (χ0n) is 14.3. The Kier molecular flexibility index (Phi) is 5.60. The van der Waals surface area contributed by atoms with Crippen molar-refractivity contribution >= 4 is 35.2 Å². The molecule has 3 rings (SSSR count). The smallest absolute Gasteiger partial charge is 0.288 e. The average molecular weight is 382 g/mol. The minimum Gasteiger partial charge on any atom is -0.324 e. The number of nitrogens with one attached hydrogen (secondary N) is 1. The Morgan fingerprint density at radius 1 is 1.12 bits per heavy atom. The van der Waals surface area contributed by atoms with Crippen LogP contribution in [0, 0.1) is 11.8 Å². The Bertz CT molecular complexity index is 687. The van der Waals surface area contributed by atoms with Crippen LogP contribution in [0.15, 0.2) is 29.2 Å². The van der Waals surface area contributed by atoms with Gasteiger partial charge in [-0.05, 0) is 44.0 Å². The fourth-order valence-corrected chi connectivity index (χ4v) is 4.15. The largest absolute Gasteiger partial charge is 0.324 e. The molecule has 140 valence electrons. The Balaban J connectivity index is 1.66. The SMILES string of the molecule is C[C@@H](C(=O)Nc1ccc(SC(F)F)cc1)N1C(=O)[C@@H]2CCCC[C@H]2C1=O. The van der Waals surface area contributed by atoms with Crippen molar-refractivity contribution < 1.29 is 23.2 Å². The molecule has 1 saturated carbocycles. The third kappa shape index (κ3) is 3.75. The Morgan fingerprint density at radius 2 is 1.65 bits per heavy atom. The first-order valence-corrected chi connectivity index (χ1v) is 9.49. The number of rotatable bonds is 5. The molecule has 3 amide bonds. The Labute approximate surface area is 154 Å². The lowest BCUT2D eigenvalue weighted by molar-refractivity contribution is -0.146. The number of anilines is 1. The maximum absolute atomic E-state index is 12.5. The van der Waals surface area contributed by atoms with Gasteiger partial charge in [-0.25, -0.2) is 0 Å². The Hall–Kier alpha value is -1.96.